The molecule has 1 fully saturated rings. The number of carbonyl (C=O) groups excluding carboxylic acids is 1. The highest BCUT2D eigenvalue weighted by Gasteiger charge is 2.27. The zero-order valence-corrected chi connectivity index (χ0v) is 17.8. The fourth-order valence-electron chi connectivity index (χ4n) is 4.54. The summed E-state index contributed by atoms with van der Waals surface area (Å²) in [5, 5.41) is 11.3. The van der Waals surface area contributed by atoms with Crippen molar-refractivity contribution in [2.24, 2.45) is 5.92 Å². The third-order valence-electron chi connectivity index (χ3n) is 6.31. The largest absolute Gasteiger partial charge is 0.344 e. The van der Waals surface area contributed by atoms with Gasteiger partial charge in [0.2, 0.25) is 0 Å². The minimum absolute atomic E-state index is 0.190. The van der Waals surface area contributed by atoms with Crippen molar-refractivity contribution in [2.75, 3.05) is 0 Å². The first-order chi connectivity index (χ1) is 13.9. The summed E-state index contributed by atoms with van der Waals surface area (Å²) in [6.45, 7) is 5.63. The van der Waals surface area contributed by atoms with Crippen molar-refractivity contribution in [3.8, 4) is 17.2 Å². The predicted molar refractivity (Wildman–Crippen MR) is 116 cm³/mol. The zero-order chi connectivity index (χ0) is 20.7. The standard InChI is InChI=1S/C24H24ClN3O/c1-14-8-23-20(9-18(14)10-26)22(21-12-27-11-15(2)24(21)25)13-28(23)19-6-4-17(5-7-19)16(3)29/h8-9,11-13,17,19H,4-7H2,1-3H3. The van der Waals surface area contributed by atoms with E-state index in [-0.39, 0.29) is 5.92 Å². The number of carbonyl (C=O) groups is 1. The summed E-state index contributed by atoms with van der Waals surface area (Å²) in [5.41, 5.74) is 5.58. The van der Waals surface area contributed by atoms with Crippen LogP contribution in [0.5, 0.6) is 0 Å². The van der Waals surface area contributed by atoms with Gasteiger partial charge in [0.05, 0.1) is 16.7 Å². The maximum Gasteiger partial charge on any atom is 0.132 e. The molecule has 3 aromatic rings. The highest BCUT2D eigenvalue weighted by molar-refractivity contribution is 6.34. The van der Waals surface area contributed by atoms with Crippen LogP contribution in [0.3, 0.4) is 0 Å². The molecule has 1 saturated carbocycles. The molecule has 2 heterocycles. The highest BCUT2D eigenvalue weighted by Crippen LogP contribution is 2.41. The molecule has 0 atom stereocenters. The van der Waals surface area contributed by atoms with Crippen LogP contribution in [0.2, 0.25) is 5.02 Å². The van der Waals surface area contributed by atoms with Crippen molar-refractivity contribution in [1.29, 1.82) is 5.26 Å². The van der Waals surface area contributed by atoms with Crippen LogP contribution >= 0.6 is 11.6 Å². The lowest BCUT2D eigenvalue weighted by molar-refractivity contribution is -0.121. The molecule has 5 heteroatoms. The first-order valence-electron chi connectivity index (χ1n) is 10.1. The van der Waals surface area contributed by atoms with Gasteiger partial charge in [-0.15, -0.1) is 0 Å². The maximum absolute atomic E-state index is 11.8. The van der Waals surface area contributed by atoms with Crippen LogP contribution in [0.1, 0.15) is 55.3 Å². The second-order valence-corrected chi connectivity index (χ2v) is 8.56. The van der Waals surface area contributed by atoms with Gasteiger partial charge in [-0.05, 0) is 69.7 Å². The molecule has 148 valence electrons. The van der Waals surface area contributed by atoms with Gasteiger partial charge in [-0.2, -0.15) is 5.26 Å². The summed E-state index contributed by atoms with van der Waals surface area (Å²) in [6.07, 6.45) is 9.53. The van der Waals surface area contributed by atoms with Crippen molar-refractivity contribution in [1.82, 2.24) is 9.55 Å². The number of nitriles is 1. The molecule has 2 aromatic heterocycles. The van der Waals surface area contributed by atoms with Crippen LogP contribution in [0, 0.1) is 31.1 Å². The van der Waals surface area contributed by atoms with Crippen molar-refractivity contribution >= 4 is 28.3 Å². The normalized spacial score (nSPS) is 19.3. The smallest absolute Gasteiger partial charge is 0.132 e. The van der Waals surface area contributed by atoms with Gasteiger partial charge < -0.3 is 4.57 Å². The first kappa shape index (κ1) is 19.7. The van der Waals surface area contributed by atoms with E-state index in [0.717, 1.165) is 58.8 Å². The summed E-state index contributed by atoms with van der Waals surface area (Å²) in [7, 11) is 0. The molecule has 0 spiro atoms. The fourth-order valence-corrected chi connectivity index (χ4v) is 4.73. The highest BCUT2D eigenvalue weighted by atomic mass is 35.5. The molecular weight excluding hydrogens is 382 g/mol. The van der Waals surface area contributed by atoms with Gasteiger partial charge in [0.1, 0.15) is 5.78 Å². The molecule has 4 nitrogen and oxygen atoms in total. The monoisotopic (exact) mass is 405 g/mol. The van der Waals surface area contributed by atoms with E-state index in [4.69, 9.17) is 11.6 Å². The number of hydrogen-bond donors (Lipinski definition) is 0. The van der Waals surface area contributed by atoms with Gasteiger partial charge in [-0.25, -0.2) is 0 Å². The molecule has 1 aliphatic rings. The summed E-state index contributed by atoms with van der Waals surface area (Å²) < 4.78 is 2.33. The number of aryl methyl sites for hydroxylation is 2. The topological polar surface area (TPSA) is 58.7 Å². The number of ketones is 1. The molecule has 0 aliphatic heterocycles. The van der Waals surface area contributed by atoms with E-state index in [0.29, 0.717) is 22.4 Å². The third-order valence-corrected chi connectivity index (χ3v) is 6.81. The Morgan fingerprint density at radius 1 is 1.14 bits per heavy atom. The van der Waals surface area contributed by atoms with E-state index >= 15 is 0 Å². The van der Waals surface area contributed by atoms with Gasteiger partial charge >= 0.3 is 0 Å². The van der Waals surface area contributed by atoms with E-state index < -0.39 is 0 Å². The van der Waals surface area contributed by atoms with E-state index in [1.54, 1.807) is 19.3 Å². The SMILES string of the molecule is CC(=O)C1CCC(n2cc(-c3cncc(C)c3Cl)c3cc(C#N)c(C)cc32)CC1. The summed E-state index contributed by atoms with van der Waals surface area (Å²) in [5.74, 6) is 0.489. The Morgan fingerprint density at radius 2 is 1.86 bits per heavy atom. The minimum Gasteiger partial charge on any atom is -0.344 e. The van der Waals surface area contributed by atoms with E-state index in [2.05, 4.69) is 27.9 Å². The van der Waals surface area contributed by atoms with Crippen molar-refractivity contribution in [3.05, 3.63) is 52.4 Å². The Morgan fingerprint density at radius 3 is 2.52 bits per heavy atom. The van der Waals surface area contributed by atoms with Crippen LogP contribution < -0.4 is 0 Å². The molecule has 1 aromatic carbocycles. The number of aromatic nitrogens is 2. The Kier molecular flexibility index (Phi) is 5.19. The number of fused-ring (bicyclic) bond motifs is 1. The summed E-state index contributed by atoms with van der Waals surface area (Å²) in [6, 6.07) is 6.71. The molecule has 29 heavy (non-hydrogen) atoms. The lowest BCUT2D eigenvalue weighted by Gasteiger charge is -2.29. The van der Waals surface area contributed by atoms with Crippen molar-refractivity contribution in [2.45, 2.75) is 52.5 Å². The summed E-state index contributed by atoms with van der Waals surface area (Å²) >= 11 is 6.63. The minimum atomic E-state index is 0.190. The Hall–Kier alpha value is -2.64. The van der Waals surface area contributed by atoms with Gasteiger partial charge in [0.25, 0.3) is 0 Å². The number of rotatable bonds is 3. The van der Waals surface area contributed by atoms with Crippen LogP contribution in [0.25, 0.3) is 22.0 Å². The molecular formula is C24H24ClN3O. The second kappa shape index (κ2) is 7.65. The number of nitrogens with zero attached hydrogens (tertiary/aromatic N) is 3. The van der Waals surface area contributed by atoms with E-state index in [9.17, 15) is 10.1 Å². The Balaban J connectivity index is 1.88. The molecule has 0 unspecified atom stereocenters. The van der Waals surface area contributed by atoms with Crippen molar-refractivity contribution in [3.63, 3.8) is 0 Å². The molecule has 0 amide bonds. The quantitative estimate of drug-likeness (QED) is 0.523. The average Bonchev–Trinajstić information content (AvgIpc) is 3.07. The molecule has 4 rings (SSSR count). The lowest BCUT2D eigenvalue weighted by atomic mass is 9.84. The molecule has 0 bridgehead atoms. The number of Topliss-reactive ketones (excluding diaryl/α,β-unsaturated/α-hetero) is 1. The number of hydrogen-bond acceptors (Lipinski definition) is 3. The van der Waals surface area contributed by atoms with Gasteiger partial charge in [0, 0.05) is 52.6 Å². The molecule has 0 N–H and O–H groups in total. The van der Waals surface area contributed by atoms with Gasteiger partial charge in [0.15, 0.2) is 0 Å². The van der Waals surface area contributed by atoms with Crippen LogP contribution in [-0.4, -0.2) is 15.3 Å². The lowest BCUT2D eigenvalue weighted by Crippen LogP contribution is -2.21. The summed E-state index contributed by atoms with van der Waals surface area (Å²) in [4.78, 5) is 16.1. The zero-order valence-electron chi connectivity index (χ0n) is 17.0. The first-order valence-corrected chi connectivity index (χ1v) is 10.4. The van der Waals surface area contributed by atoms with Gasteiger partial charge in [-0.1, -0.05) is 11.6 Å². The Bertz CT molecular complexity index is 1150. The second-order valence-electron chi connectivity index (χ2n) is 8.18. The van der Waals surface area contributed by atoms with Gasteiger partial charge in [-0.3, -0.25) is 9.78 Å². The average molecular weight is 406 g/mol. The number of halogens is 1. The fraction of sp³-hybridized carbons (Fsp3) is 0.375. The van der Waals surface area contributed by atoms with Crippen LogP contribution in [0.4, 0.5) is 0 Å². The van der Waals surface area contributed by atoms with Crippen LogP contribution in [0.15, 0.2) is 30.7 Å². The van der Waals surface area contributed by atoms with E-state index in [1.165, 1.54) is 0 Å². The van der Waals surface area contributed by atoms with Crippen molar-refractivity contribution < 1.29 is 4.79 Å². The molecule has 0 radical (unpaired) electrons. The molecule has 0 saturated heterocycles. The predicted octanol–water partition coefficient (Wildman–Crippen LogP) is 6.17. The maximum atomic E-state index is 11.8. The Labute approximate surface area is 176 Å². The number of benzene rings is 1. The van der Waals surface area contributed by atoms with E-state index in [1.807, 2.05) is 19.9 Å². The molecule has 1 aliphatic carbocycles. The van der Waals surface area contributed by atoms with Crippen LogP contribution in [-0.2, 0) is 4.79 Å². The number of pyridine rings is 1. The third kappa shape index (κ3) is 3.45.